The molecule has 8 N–H and O–H groups in total. The van der Waals surface area contributed by atoms with Gasteiger partial charge in [-0.1, -0.05) is 0 Å². The number of aliphatic hydroxyl groups is 8. The van der Waals surface area contributed by atoms with Gasteiger partial charge >= 0.3 is 0 Å². The van der Waals surface area contributed by atoms with Gasteiger partial charge in [0, 0.05) is 0 Å². The summed E-state index contributed by atoms with van der Waals surface area (Å²) in [6.45, 7) is -0.700. The van der Waals surface area contributed by atoms with E-state index in [2.05, 4.69) is 0 Å². The predicted octanol–water partition coefficient (Wildman–Crippen LogP) is -6.31. The highest BCUT2D eigenvalue weighted by Crippen LogP contribution is 2.32. The lowest BCUT2D eigenvalue weighted by atomic mass is 9.97. The van der Waals surface area contributed by atoms with Gasteiger partial charge in [-0.15, -0.1) is 0 Å². The summed E-state index contributed by atoms with van der Waals surface area (Å²) in [5, 5.41) is 77.9. The summed E-state index contributed by atoms with van der Waals surface area (Å²) in [5.41, 5.74) is 0. The molecule has 206 valence electrons. The van der Waals surface area contributed by atoms with Gasteiger partial charge < -0.3 is 69.1 Å². The molecule has 16 nitrogen and oxygen atoms in total. The van der Waals surface area contributed by atoms with Crippen molar-refractivity contribution in [3.8, 4) is 0 Å². The van der Waals surface area contributed by atoms with Crippen LogP contribution in [-0.4, -0.2) is 159 Å². The van der Waals surface area contributed by atoms with Crippen LogP contribution >= 0.6 is 0 Å². The Bertz CT molecular complexity index is 797. The van der Waals surface area contributed by atoms with Crippen LogP contribution < -0.4 is 0 Å². The van der Waals surface area contributed by atoms with Crippen molar-refractivity contribution in [2.24, 2.45) is 0 Å². The third-order valence-corrected chi connectivity index (χ3v) is 7.50. The summed E-state index contributed by atoms with van der Waals surface area (Å²) >= 11 is 0. The largest absolute Gasteiger partial charge is 0.748 e. The van der Waals surface area contributed by atoms with Crippen LogP contribution in [0.3, 0.4) is 0 Å². The molecule has 14 atom stereocenters. The Morgan fingerprint density at radius 3 is 1.94 bits per heavy atom. The van der Waals surface area contributed by atoms with E-state index in [0.717, 1.165) is 0 Å². The summed E-state index contributed by atoms with van der Waals surface area (Å²) in [6.07, 6.45) is -21.3. The maximum absolute atomic E-state index is 11.6. The fourth-order valence-electron chi connectivity index (χ4n) is 4.27. The van der Waals surface area contributed by atoms with Crippen molar-refractivity contribution >= 4 is 10.1 Å². The highest BCUT2D eigenvalue weighted by molar-refractivity contribution is 7.86. The average Bonchev–Trinajstić information content (AvgIpc) is 2.78. The molecule has 0 amide bonds. The molecule has 0 aromatic carbocycles. The van der Waals surface area contributed by atoms with E-state index in [9.17, 15) is 53.8 Å². The van der Waals surface area contributed by atoms with Gasteiger partial charge in [0.25, 0.3) is 0 Å². The van der Waals surface area contributed by atoms with Crippen LogP contribution in [0.5, 0.6) is 0 Å². The standard InChI is InChI=1S/C18H32O16S/c1-5-9(22)11(24)12(25)17(31-5)33-14-6(21)4-30-8(3-20)15(14)34-18-13(26)16(35(27,28)29)10(23)7(2-19)32-18/h5-26H,2-4H2,1H3,(H,27,28,29)/p-1. The van der Waals surface area contributed by atoms with Crippen LogP contribution in [0.4, 0.5) is 0 Å². The molecule has 3 aliphatic rings. The molecular weight excluding hydrogens is 504 g/mol. The van der Waals surface area contributed by atoms with Gasteiger partial charge in [0.15, 0.2) is 12.6 Å². The van der Waals surface area contributed by atoms with Gasteiger partial charge in [0.1, 0.15) is 76.4 Å². The van der Waals surface area contributed by atoms with E-state index in [1.54, 1.807) is 0 Å². The number of hydrogen-bond donors (Lipinski definition) is 8. The lowest BCUT2D eigenvalue weighted by molar-refractivity contribution is -0.356. The fraction of sp³-hybridized carbons (Fsp3) is 1.00. The maximum Gasteiger partial charge on any atom is 0.187 e. The smallest absolute Gasteiger partial charge is 0.187 e. The Hall–Kier alpha value is -0.610. The third-order valence-electron chi connectivity index (χ3n) is 6.28. The molecule has 0 radical (unpaired) electrons. The van der Waals surface area contributed by atoms with E-state index in [-0.39, 0.29) is 0 Å². The lowest BCUT2D eigenvalue weighted by Crippen LogP contribution is -2.66. The summed E-state index contributed by atoms with van der Waals surface area (Å²) < 4.78 is 62.0. The van der Waals surface area contributed by atoms with Gasteiger partial charge in [-0.2, -0.15) is 0 Å². The first kappa shape index (κ1) is 29.0. The molecule has 0 saturated carbocycles. The van der Waals surface area contributed by atoms with Crippen molar-refractivity contribution in [1.29, 1.82) is 0 Å². The fourth-order valence-corrected chi connectivity index (χ4v) is 5.26. The van der Waals surface area contributed by atoms with E-state index in [4.69, 9.17) is 23.7 Å². The van der Waals surface area contributed by atoms with Crippen molar-refractivity contribution in [3.05, 3.63) is 0 Å². The minimum Gasteiger partial charge on any atom is -0.748 e. The number of ether oxygens (including phenoxy) is 5. The maximum atomic E-state index is 11.6. The van der Waals surface area contributed by atoms with Crippen molar-refractivity contribution in [3.63, 3.8) is 0 Å². The van der Waals surface area contributed by atoms with E-state index >= 15 is 0 Å². The van der Waals surface area contributed by atoms with Crippen molar-refractivity contribution < 1.29 is 77.5 Å². The van der Waals surface area contributed by atoms with Crippen molar-refractivity contribution in [1.82, 2.24) is 0 Å². The second kappa shape index (κ2) is 11.4. The molecule has 35 heavy (non-hydrogen) atoms. The Morgan fingerprint density at radius 1 is 0.800 bits per heavy atom. The average molecular weight is 535 g/mol. The molecule has 0 aromatic heterocycles. The topological polar surface area (TPSA) is 265 Å². The monoisotopic (exact) mass is 535 g/mol. The zero-order valence-electron chi connectivity index (χ0n) is 18.5. The van der Waals surface area contributed by atoms with Crippen molar-refractivity contribution in [2.75, 3.05) is 19.8 Å². The van der Waals surface area contributed by atoms with E-state index in [1.807, 2.05) is 0 Å². The van der Waals surface area contributed by atoms with Crippen LogP contribution in [-0.2, 0) is 33.8 Å². The molecule has 3 fully saturated rings. The first-order valence-electron chi connectivity index (χ1n) is 10.8. The minimum absolute atomic E-state index is 0.400. The van der Waals surface area contributed by atoms with Crippen LogP contribution in [0.1, 0.15) is 6.92 Å². The molecule has 17 heteroatoms. The Labute approximate surface area is 199 Å². The summed E-state index contributed by atoms with van der Waals surface area (Å²) in [6, 6.07) is 0. The number of rotatable bonds is 7. The Balaban J connectivity index is 1.86. The molecule has 3 saturated heterocycles. The zero-order valence-corrected chi connectivity index (χ0v) is 19.3. The SMILES string of the molecule is CC1OC(OC2C(O)COC(CO)C2OC2OC(CO)C(O)C(S(=O)(=O)[O-])C2O)C(O)C(O)C1O. The molecule has 3 aliphatic heterocycles. The molecule has 0 bridgehead atoms. The molecule has 0 aliphatic carbocycles. The second-order valence-corrected chi connectivity index (χ2v) is 10.2. The highest BCUT2D eigenvalue weighted by atomic mass is 32.2. The Kier molecular flexibility index (Phi) is 9.45. The normalized spacial score (nSPS) is 49.7. The molecule has 0 aromatic rings. The molecule has 0 spiro atoms. The number of hydrogen-bond acceptors (Lipinski definition) is 16. The van der Waals surface area contributed by atoms with E-state index < -0.39 is 115 Å². The lowest BCUT2D eigenvalue weighted by Gasteiger charge is -2.48. The summed E-state index contributed by atoms with van der Waals surface area (Å²) in [5.74, 6) is 0. The third kappa shape index (κ3) is 5.95. The van der Waals surface area contributed by atoms with Gasteiger partial charge in [-0.05, 0) is 6.92 Å². The van der Waals surface area contributed by atoms with Gasteiger partial charge in [0.2, 0.25) is 0 Å². The van der Waals surface area contributed by atoms with Crippen LogP contribution in [0.25, 0.3) is 0 Å². The van der Waals surface area contributed by atoms with Crippen LogP contribution in [0.15, 0.2) is 0 Å². The predicted molar refractivity (Wildman–Crippen MR) is 106 cm³/mol. The first-order chi connectivity index (χ1) is 16.3. The number of aliphatic hydroxyl groups excluding tert-OH is 8. The second-order valence-electron chi connectivity index (χ2n) is 8.67. The van der Waals surface area contributed by atoms with Gasteiger partial charge in [-0.25, -0.2) is 8.42 Å². The van der Waals surface area contributed by atoms with Crippen LogP contribution in [0, 0.1) is 0 Å². The molecule has 3 heterocycles. The van der Waals surface area contributed by atoms with Crippen LogP contribution in [0.2, 0.25) is 0 Å². The quantitative estimate of drug-likeness (QED) is 0.141. The van der Waals surface area contributed by atoms with Gasteiger partial charge in [-0.3, -0.25) is 0 Å². The highest BCUT2D eigenvalue weighted by Gasteiger charge is 2.53. The van der Waals surface area contributed by atoms with Crippen molar-refractivity contribution in [2.45, 2.75) is 91.9 Å². The molecule has 14 unspecified atom stereocenters. The molecule has 3 rings (SSSR count). The summed E-state index contributed by atoms with van der Waals surface area (Å²) in [7, 11) is -5.32. The van der Waals surface area contributed by atoms with Gasteiger partial charge in [0.05, 0.1) is 25.9 Å². The summed E-state index contributed by atoms with van der Waals surface area (Å²) in [4.78, 5) is 0. The van der Waals surface area contributed by atoms with E-state index in [0.29, 0.717) is 0 Å². The van der Waals surface area contributed by atoms with E-state index in [1.165, 1.54) is 6.92 Å². The zero-order chi connectivity index (χ0) is 26.2. The minimum atomic E-state index is -5.32. The first-order valence-corrected chi connectivity index (χ1v) is 12.3. The molecular formula is C18H31O16S-. The Morgan fingerprint density at radius 2 is 1.37 bits per heavy atom.